The first-order valence-electron chi connectivity index (χ1n) is 12.0. The Kier molecular flexibility index (Phi) is 9.43. The van der Waals surface area contributed by atoms with Gasteiger partial charge in [-0.15, -0.1) is 0 Å². The molecule has 0 spiro atoms. The molecule has 30 heavy (non-hydrogen) atoms. The Hall–Kier alpha value is -1.63. The van der Waals surface area contributed by atoms with Crippen molar-refractivity contribution in [2.45, 2.75) is 52.2 Å². The summed E-state index contributed by atoms with van der Waals surface area (Å²) < 4.78 is 0. The number of nitrogens with zero attached hydrogens (tertiary/aromatic N) is 4. The highest BCUT2D eigenvalue weighted by molar-refractivity contribution is 5.80. The summed E-state index contributed by atoms with van der Waals surface area (Å²) in [5.74, 6) is 0.985. The lowest BCUT2D eigenvalue weighted by Gasteiger charge is -2.38. The van der Waals surface area contributed by atoms with Gasteiger partial charge in [-0.05, 0) is 38.8 Å². The molecule has 6 heteroatoms. The Morgan fingerprint density at radius 2 is 1.77 bits per heavy atom. The van der Waals surface area contributed by atoms with Crippen LogP contribution in [0.1, 0.15) is 39.2 Å². The Morgan fingerprint density at radius 1 is 1.03 bits per heavy atom. The summed E-state index contributed by atoms with van der Waals surface area (Å²) in [5.41, 5.74) is 1.41. The smallest absolute Gasteiger partial charge is 0.191 e. The number of piperidine rings is 1. The van der Waals surface area contributed by atoms with Crippen LogP contribution in [-0.4, -0.2) is 91.6 Å². The van der Waals surface area contributed by atoms with Gasteiger partial charge in [-0.25, -0.2) is 0 Å². The SMILES string of the molecule is CCNC(=NCCN1CCN(CC)CC1)NC1CCN(Cc2ccccc2)C(C)C1. The van der Waals surface area contributed by atoms with E-state index in [1.54, 1.807) is 0 Å². The van der Waals surface area contributed by atoms with E-state index in [4.69, 9.17) is 4.99 Å². The minimum absolute atomic E-state index is 0.498. The van der Waals surface area contributed by atoms with Crippen molar-refractivity contribution >= 4 is 5.96 Å². The maximum Gasteiger partial charge on any atom is 0.191 e. The summed E-state index contributed by atoms with van der Waals surface area (Å²) in [7, 11) is 0. The predicted octanol–water partition coefficient (Wildman–Crippen LogP) is 2.23. The summed E-state index contributed by atoms with van der Waals surface area (Å²) in [6.45, 7) is 17.7. The van der Waals surface area contributed by atoms with Gasteiger partial charge in [0.2, 0.25) is 0 Å². The molecule has 2 N–H and O–H groups in total. The van der Waals surface area contributed by atoms with E-state index in [0.29, 0.717) is 12.1 Å². The topological polar surface area (TPSA) is 46.1 Å². The number of hydrogen-bond acceptors (Lipinski definition) is 4. The van der Waals surface area contributed by atoms with Gasteiger partial charge < -0.3 is 15.5 Å². The van der Waals surface area contributed by atoms with Crippen LogP contribution in [0.15, 0.2) is 35.3 Å². The number of piperazine rings is 1. The molecule has 2 saturated heterocycles. The largest absolute Gasteiger partial charge is 0.357 e. The van der Waals surface area contributed by atoms with Gasteiger partial charge in [0.15, 0.2) is 5.96 Å². The Morgan fingerprint density at radius 3 is 2.43 bits per heavy atom. The highest BCUT2D eigenvalue weighted by atomic mass is 15.3. The van der Waals surface area contributed by atoms with E-state index in [-0.39, 0.29) is 0 Å². The summed E-state index contributed by atoms with van der Waals surface area (Å²) in [6.07, 6.45) is 2.33. The lowest BCUT2D eigenvalue weighted by Crippen LogP contribution is -2.51. The van der Waals surface area contributed by atoms with Crippen molar-refractivity contribution in [1.29, 1.82) is 0 Å². The van der Waals surface area contributed by atoms with Crippen molar-refractivity contribution in [3.05, 3.63) is 35.9 Å². The van der Waals surface area contributed by atoms with Crippen LogP contribution in [0.4, 0.5) is 0 Å². The first-order valence-corrected chi connectivity index (χ1v) is 12.0. The second kappa shape index (κ2) is 12.3. The molecule has 2 atom stereocenters. The molecule has 1 aromatic carbocycles. The van der Waals surface area contributed by atoms with Crippen molar-refractivity contribution in [2.24, 2.45) is 4.99 Å². The van der Waals surface area contributed by atoms with Crippen LogP contribution in [0.25, 0.3) is 0 Å². The number of benzene rings is 1. The zero-order chi connectivity index (χ0) is 21.2. The molecule has 0 aromatic heterocycles. The second-order valence-corrected chi connectivity index (χ2v) is 8.71. The van der Waals surface area contributed by atoms with Crippen LogP contribution < -0.4 is 10.6 Å². The van der Waals surface area contributed by atoms with Crippen LogP contribution in [0.5, 0.6) is 0 Å². The number of rotatable bonds is 8. The molecule has 2 fully saturated rings. The Labute approximate surface area is 183 Å². The number of likely N-dealkylation sites (tertiary alicyclic amines) is 1. The van der Waals surface area contributed by atoms with E-state index in [0.717, 1.165) is 45.1 Å². The molecule has 1 aromatic rings. The molecule has 0 aliphatic carbocycles. The molecule has 0 bridgehead atoms. The van der Waals surface area contributed by atoms with E-state index >= 15 is 0 Å². The summed E-state index contributed by atoms with van der Waals surface area (Å²) in [4.78, 5) is 12.6. The highest BCUT2D eigenvalue weighted by Crippen LogP contribution is 2.19. The summed E-state index contributed by atoms with van der Waals surface area (Å²) in [6, 6.07) is 11.9. The van der Waals surface area contributed by atoms with Gasteiger partial charge in [-0.1, -0.05) is 37.3 Å². The van der Waals surface area contributed by atoms with Gasteiger partial charge in [0.1, 0.15) is 0 Å². The molecule has 6 nitrogen and oxygen atoms in total. The summed E-state index contributed by atoms with van der Waals surface area (Å²) >= 11 is 0. The fourth-order valence-electron chi connectivity index (χ4n) is 4.55. The highest BCUT2D eigenvalue weighted by Gasteiger charge is 2.26. The van der Waals surface area contributed by atoms with Crippen LogP contribution in [-0.2, 0) is 6.54 Å². The van der Waals surface area contributed by atoms with E-state index in [9.17, 15) is 0 Å². The molecule has 0 amide bonds. The molecule has 0 radical (unpaired) electrons. The van der Waals surface area contributed by atoms with Crippen molar-refractivity contribution < 1.29 is 0 Å². The lowest BCUT2D eigenvalue weighted by atomic mass is 9.97. The number of hydrogen-bond donors (Lipinski definition) is 2. The average molecular weight is 415 g/mol. The molecular formula is C24H42N6. The minimum atomic E-state index is 0.498. The zero-order valence-corrected chi connectivity index (χ0v) is 19.3. The monoisotopic (exact) mass is 414 g/mol. The van der Waals surface area contributed by atoms with E-state index in [1.807, 2.05) is 0 Å². The Balaban J connectivity index is 1.43. The number of aliphatic imine (C=N–C) groups is 1. The number of nitrogens with one attached hydrogen (secondary N) is 2. The van der Waals surface area contributed by atoms with Crippen molar-refractivity contribution in [3.8, 4) is 0 Å². The van der Waals surface area contributed by atoms with Crippen molar-refractivity contribution in [1.82, 2.24) is 25.3 Å². The first kappa shape index (κ1) is 23.0. The van der Waals surface area contributed by atoms with Gasteiger partial charge >= 0.3 is 0 Å². The van der Waals surface area contributed by atoms with Gasteiger partial charge in [0, 0.05) is 64.4 Å². The molecule has 168 valence electrons. The molecule has 2 aliphatic rings. The van der Waals surface area contributed by atoms with Gasteiger partial charge in [-0.2, -0.15) is 0 Å². The van der Waals surface area contributed by atoms with Gasteiger partial charge in [-0.3, -0.25) is 14.8 Å². The van der Waals surface area contributed by atoms with Crippen LogP contribution >= 0.6 is 0 Å². The second-order valence-electron chi connectivity index (χ2n) is 8.71. The third kappa shape index (κ3) is 7.25. The molecule has 2 unspecified atom stereocenters. The van der Waals surface area contributed by atoms with Crippen molar-refractivity contribution in [3.63, 3.8) is 0 Å². The maximum atomic E-state index is 4.88. The fraction of sp³-hybridized carbons (Fsp3) is 0.708. The first-order chi connectivity index (χ1) is 14.7. The molecule has 0 saturated carbocycles. The van der Waals surface area contributed by atoms with E-state index in [1.165, 1.54) is 44.7 Å². The molecular weight excluding hydrogens is 372 g/mol. The molecule has 2 heterocycles. The van der Waals surface area contributed by atoms with Crippen LogP contribution in [0.2, 0.25) is 0 Å². The predicted molar refractivity (Wildman–Crippen MR) is 127 cm³/mol. The lowest BCUT2D eigenvalue weighted by molar-refractivity contribution is 0.134. The van der Waals surface area contributed by atoms with E-state index in [2.05, 4.69) is 76.4 Å². The average Bonchev–Trinajstić information content (AvgIpc) is 2.77. The van der Waals surface area contributed by atoms with Crippen LogP contribution in [0.3, 0.4) is 0 Å². The minimum Gasteiger partial charge on any atom is -0.357 e. The normalized spacial score (nSPS) is 24.7. The molecule has 3 rings (SSSR count). The number of likely N-dealkylation sites (N-methyl/N-ethyl adjacent to an activating group) is 1. The Bertz CT molecular complexity index is 626. The summed E-state index contributed by atoms with van der Waals surface area (Å²) in [5, 5.41) is 7.16. The van der Waals surface area contributed by atoms with Crippen molar-refractivity contribution in [2.75, 3.05) is 58.9 Å². The van der Waals surface area contributed by atoms with Gasteiger partial charge in [0.25, 0.3) is 0 Å². The van der Waals surface area contributed by atoms with Crippen LogP contribution in [0, 0.1) is 0 Å². The standard InChI is InChI=1S/C24H42N6/c1-4-25-24(26-12-14-29-17-15-28(5-2)16-18-29)27-23-11-13-30(21(3)19-23)20-22-9-7-6-8-10-22/h6-10,21,23H,4-5,11-20H2,1-3H3,(H2,25,26,27). The third-order valence-electron chi connectivity index (χ3n) is 6.53. The quantitative estimate of drug-likeness (QED) is 0.505. The van der Waals surface area contributed by atoms with Gasteiger partial charge in [0.05, 0.1) is 6.54 Å². The fourth-order valence-corrected chi connectivity index (χ4v) is 4.55. The maximum absolute atomic E-state index is 4.88. The molecule has 2 aliphatic heterocycles. The number of guanidine groups is 1. The third-order valence-corrected chi connectivity index (χ3v) is 6.53. The van der Waals surface area contributed by atoms with E-state index < -0.39 is 0 Å². The zero-order valence-electron chi connectivity index (χ0n) is 19.3.